The summed E-state index contributed by atoms with van der Waals surface area (Å²) in [5, 5.41) is 5.56. The zero-order chi connectivity index (χ0) is 18.3. The number of carbonyl (C=O) groups is 3. The van der Waals surface area contributed by atoms with Crippen LogP contribution in [-0.2, 0) is 21.5 Å². The summed E-state index contributed by atoms with van der Waals surface area (Å²) in [6.07, 6.45) is 1.25. The van der Waals surface area contributed by atoms with Gasteiger partial charge in [0.05, 0.1) is 0 Å². The SMILES string of the molecule is Cc1cccc(NC(=O)CN2C(=O)NC3(CCc4ccccc43)C2=O)c1. The number of nitrogens with zero attached hydrogens (tertiary/aromatic N) is 1. The molecule has 1 atom stereocenters. The van der Waals surface area contributed by atoms with Crippen molar-refractivity contribution in [3.05, 3.63) is 65.2 Å². The average molecular weight is 349 g/mol. The first-order valence-electron chi connectivity index (χ1n) is 8.59. The molecule has 132 valence electrons. The molecule has 6 nitrogen and oxygen atoms in total. The van der Waals surface area contributed by atoms with E-state index >= 15 is 0 Å². The maximum atomic E-state index is 13.0. The summed E-state index contributed by atoms with van der Waals surface area (Å²) in [7, 11) is 0. The molecule has 2 N–H and O–H groups in total. The predicted octanol–water partition coefficient (Wildman–Crippen LogP) is 2.33. The average Bonchev–Trinajstić information content (AvgIpc) is 3.09. The first-order valence-corrected chi connectivity index (χ1v) is 8.59. The summed E-state index contributed by atoms with van der Waals surface area (Å²) in [6, 6.07) is 14.5. The normalized spacial score (nSPS) is 21.0. The Bertz CT molecular complexity index is 924. The molecule has 1 saturated heterocycles. The van der Waals surface area contributed by atoms with Crippen LogP contribution in [0.15, 0.2) is 48.5 Å². The van der Waals surface area contributed by atoms with Gasteiger partial charge in [-0.3, -0.25) is 14.5 Å². The molecule has 0 radical (unpaired) electrons. The van der Waals surface area contributed by atoms with E-state index in [2.05, 4.69) is 10.6 Å². The number of fused-ring (bicyclic) bond motifs is 2. The lowest BCUT2D eigenvalue weighted by atomic mass is 9.92. The van der Waals surface area contributed by atoms with E-state index in [1.165, 1.54) is 0 Å². The molecular weight excluding hydrogens is 330 g/mol. The van der Waals surface area contributed by atoms with Crippen LogP contribution in [0.25, 0.3) is 0 Å². The predicted molar refractivity (Wildman–Crippen MR) is 96.5 cm³/mol. The van der Waals surface area contributed by atoms with E-state index in [1.54, 1.807) is 6.07 Å². The zero-order valence-corrected chi connectivity index (χ0v) is 14.4. The van der Waals surface area contributed by atoms with Gasteiger partial charge in [0.25, 0.3) is 5.91 Å². The van der Waals surface area contributed by atoms with Gasteiger partial charge in [0.1, 0.15) is 12.1 Å². The number of amides is 4. The third-order valence-corrected chi connectivity index (χ3v) is 5.03. The molecule has 0 saturated carbocycles. The number of benzene rings is 2. The highest BCUT2D eigenvalue weighted by Gasteiger charge is 2.55. The number of imide groups is 1. The van der Waals surface area contributed by atoms with Crippen LogP contribution >= 0.6 is 0 Å². The molecule has 1 unspecified atom stereocenters. The van der Waals surface area contributed by atoms with Crippen LogP contribution in [0.1, 0.15) is 23.1 Å². The minimum atomic E-state index is -1.03. The number of rotatable bonds is 3. The van der Waals surface area contributed by atoms with Crippen molar-refractivity contribution >= 4 is 23.5 Å². The number of carbonyl (C=O) groups excluding carboxylic acids is 3. The minimum Gasteiger partial charge on any atom is -0.325 e. The fourth-order valence-corrected chi connectivity index (χ4v) is 3.80. The Hall–Kier alpha value is -3.15. The van der Waals surface area contributed by atoms with Gasteiger partial charge < -0.3 is 10.6 Å². The molecule has 1 fully saturated rings. The highest BCUT2D eigenvalue weighted by molar-refractivity contribution is 6.10. The molecule has 0 aromatic heterocycles. The van der Waals surface area contributed by atoms with E-state index in [0.29, 0.717) is 12.1 Å². The van der Waals surface area contributed by atoms with Crippen LogP contribution < -0.4 is 10.6 Å². The second kappa shape index (κ2) is 5.98. The molecule has 2 aromatic rings. The lowest BCUT2D eigenvalue weighted by Gasteiger charge is -2.22. The lowest BCUT2D eigenvalue weighted by molar-refractivity contribution is -0.134. The van der Waals surface area contributed by atoms with Gasteiger partial charge in [-0.05, 0) is 48.6 Å². The molecule has 2 aromatic carbocycles. The van der Waals surface area contributed by atoms with Gasteiger partial charge in [-0.25, -0.2) is 4.79 Å². The Labute approximate surface area is 151 Å². The van der Waals surface area contributed by atoms with Crippen molar-refractivity contribution < 1.29 is 14.4 Å². The number of urea groups is 1. The number of aryl methyl sites for hydroxylation is 2. The van der Waals surface area contributed by atoms with Crippen molar-refractivity contribution in [3.8, 4) is 0 Å². The second-order valence-corrected chi connectivity index (χ2v) is 6.80. The maximum absolute atomic E-state index is 13.0. The highest BCUT2D eigenvalue weighted by Crippen LogP contribution is 2.41. The molecule has 4 rings (SSSR count). The Kier molecular flexibility index (Phi) is 3.76. The molecule has 26 heavy (non-hydrogen) atoms. The van der Waals surface area contributed by atoms with E-state index in [1.807, 2.05) is 49.4 Å². The van der Waals surface area contributed by atoms with Crippen LogP contribution in [0.3, 0.4) is 0 Å². The highest BCUT2D eigenvalue weighted by atomic mass is 16.2. The van der Waals surface area contributed by atoms with Crippen molar-refractivity contribution in [2.75, 3.05) is 11.9 Å². The summed E-state index contributed by atoms with van der Waals surface area (Å²) in [4.78, 5) is 38.8. The topological polar surface area (TPSA) is 78.5 Å². The summed E-state index contributed by atoms with van der Waals surface area (Å²) >= 11 is 0. The molecule has 6 heteroatoms. The van der Waals surface area contributed by atoms with Crippen LogP contribution in [-0.4, -0.2) is 29.3 Å². The molecule has 0 bridgehead atoms. The van der Waals surface area contributed by atoms with Crippen molar-refractivity contribution in [2.24, 2.45) is 0 Å². The minimum absolute atomic E-state index is 0.303. The Morgan fingerprint density at radius 1 is 1.19 bits per heavy atom. The van der Waals surface area contributed by atoms with Crippen LogP contribution in [0, 0.1) is 6.92 Å². The van der Waals surface area contributed by atoms with Crippen molar-refractivity contribution in [3.63, 3.8) is 0 Å². The molecule has 4 amide bonds. The quantitative estimate of drug-likeness (QED) is 0.835. The number of anilines is 1. The van der Waals surface area contributed by atoms with E-state index < -0.39 is 17.5 Å². The van der Waals surface area contributed by atoms with Gasteiger partial charge in [0, 0.05) is 5.69 Å². The molecule has 2 aliphatic rings. The van der Waals surface area contributed by atoms with Crippen LogP contribution in [0.2, 0.25) is 0 Å². The first kappa shape index (κ1) is 16.3. The van der Waals surface area contributed by atoms with Gasteiger partial charge in [0.15, 0.2) is 0 Å². The number of nitrogens with one attached hydrogen (secondary N) is 2. The van der Waals surface area contributed by atoms with Gasteiger partial charge >= 0.3 is 6.03 Å². The van der Waals surface area contributed by atoms with Crippen molar-refractivity contribution in [1.82, 2.24) is 10.2 Å². The van der Waals surface area contributed by atoms with Gasteiger partial charge in [-0.2, -0.15) is 0 Å². The fourth-order valence-electron chi connectivity index (χ4n) is 3.80. The maximum Gasteiger partial charge on any atom is 0.325 e. The summed E-state index contributed by atoms with van der Waals surface area (Å²) < 4.78 is 0. The van der Waals surface area contributed by atoms with E-state index in [0.717, 1.165) is 28.0 Å². The van der Waals surface area contributed by atoms with E-state index in [4.69, 9.17) is 0 Å². The van der Waals surface area contributed by atoms with Crippen LogP contribution in [0.5, 0.6) is 0 Å². The van der Waals surface area contributed by atoms with Crippen molar-refractivity contribution in [1.29, 1.82) is 0 Å². The zero-order valence-electron chi connectivity index (χ0n) is 14.4. The summed E-state index contributed by atoms with van der Waals surface area (Å²) in [5.41, 5.74) is 2.52. The number of hydrogen-bond acceptors (Lipinski definition) is 3. The van der Waals surface area contributed by atoms with Gasteiger partial charge in [-0.15, -0.1) is 0 Å². The summed E-state index contributed by atoms with van der Waals surface area (Å²) in [6.45, 7) is 1.62. The van der Waals surface area contributed by atoms with Crippen molar-refractivity contribution in [2.45, 2.75) is 25.3 Å². The lowest BCUT2D eigenvalue weighted by Crippen LogP contribution is -2.43. The van der Waals surface area contributed by atoms with Gasteiger partial charge in [0.2, 0.25) is 5.91 Å². The molecule has 1 heterocycles. The van der Waals surface area contributed by atoms with E-state index in [-0.39, 0.29) is 12.5 Å². The van der Waals surface area contributed by atoms with Crippen LogP contribution in [0.4, 0.5) is 10.5 Å². The Balaban J connectivity index is 1.53. The monoisotopic (exact) mass is 349 g/mol. The molecular formula is C20H19N3O3. The molecule has 1 aliphatic heterocycles. The van der Waals surface area contributed by atoms with Gasteiger partial charge in [-0.1, -0.05) is 36.4 Å². The summed E-state index contributed by atoms with van der Waals surface area (Å²) in [5.74, 6) is -0.755. The number of hydrogen-bond donors (Lipinski definition) is 2. The largest absolute Gasteiger partial charge is 0.325 e. The third-order valence-electron chi connectivity index (χ3n) is 5.03. The van der Waals surface area contributed by atoms with E-state index in [9.17, 15) is 14.4 Å². The Morgan fingerprint density at radius 3 is 2.81 bits per heavy atom. The standard InChI is InChI=1S/C20H19N3O3/c1-13-5-4-7-15(11-13)21-17(24)12-23-18(25)20(22-19(23)26)10-9-14-6-2-3-8-16(14)20/h2-8,11H,9-10,12H2,1H3,(H,21,24)(H,22,26). The first-order chi connectivity index (χ1) is 12.5. The Morgan fingerprint density at radius 2 is 2.00 bits per heavy atom. The molecule has 1 aliphatic carbocycles. The smallest absolute Gasteiger partial charge is 0.325 e. The molecule has 1 spiro atoms. The third kappa shape index (κ3) is 2.54. The second-order valence-electron chi connectivity index (χ2n) is 6.80. The fraction of sp³-hybridized carbons (Fsp3) is 0.250.